The molecule has 20 heavy (non-hydrogen) atoms. The second-order valence-electron chi connectivity index (χ2n) is 3.90. The van der Waals surface area contributed by atoms with Crippen LogP contribution in [0.1, 0.15) is 6.42 Å². The molecule has 2 N–H and O–H groups in total. The van der Waals surface area contributed by atoms with Crippen LogP contribution in [-0.4, -0.2) is 68.2 Å². The van der Waals surface area contributed by atoms with E-state index in [0.717, 1.165) is 0 Å². The highest BCUT2D eigenvalue weighted by Gasteiger charge is 2.31. The zero-order valence-corrected chi connectivity index (χ0v) is 10.5. The zero-order valence-electron chi connectivity index (χ0n) is 10.5. The molecule has 0 aromatic rings. The molecule has 122 valence electrons. The molecular weight excluding hydrogens is 295 g/mol. The van der Waals surface area contributed by atoms with Gasteiger partial charge in [0.15, 0.2) is 6.86 Å². The third-order valence-electron chi connectivity index (χ3n) is 1.95. The lowest BCUT2D eigenvalue weighted by atomic mass is 10.2. The van der Waals surface area contributed by atoms with E-state index in [1.807, 2.05) is 0 Å². The largest absolute Gasteiger partial charge is 0.396 e. The maximum atomic E-state index is 12.8. The van der Waals surface area contributed by atoms with E-state index in [-0.39, 0.29) is 0 Å². The van der Waals surface area contributed by atoms with Crippen LogP contribution in [0.15, 0.2) is 0 Å². The van der Waals surface area contributed by atoms with Crippen LogP contribution in [0.25, 0.3) is 0 Å². The lowest BCUT2D eigenvalue weighted by molar-refractivity contribution is -0.280. The van der Waals surface area contributed by atoms with Crippen molar-refractivity contribution in [2.75, 3.05) is 39.9 Å². The Morgan fingerprint density at radius 3 is 2.05 bits per heavy atom. The molecular formula is C10H17F5O5. The quantitative estimate of drug-likeness (QED) is 0.525. The first-order valence-corrected chi connectivity index (χ1v) is 5.62. The molecule has 0 bridgehead atoms. The van der Waals surface area contributed by atoms with Gasteiger partial charge in [-0.05, 0) is 0 Å². The molecule has 5 nitrogen and oxygen atoms in total. The van der Waals surface area contributed by atoms with E-state index in [4.69, 9.17) is 5.11 Å². The number of aliphatic hydroxyl groups is 2. The third kappa shape index (κ3) is 10.3. The third-order valence-corrected chi connectivity index (χ3v) is 1.95. The molecule has 0 amide bonds. The molecule has 0 spiro atoms. The van der Waals surface area contributed by atoms with Crippen LogP contribution in [0.3, 0.4) is 0 Å². The smallest absolute Gasteiger partial charge is 0.381 e. The van der Waals surface area contributed by atoms with Gasteiger partial charge in [0.2, 0.25) is 0 Å². The maximum Gasteiger partial charge on any atom is 0.381 e. The van der Waals surface area contributed by atoms with Crippen molar-refractivity contribution < 1.29 is 46.4 Å². The summed E-state index contributed by atoms with van der Waals surface area (Å²) in [6.45, 7) is -5.89. The number of hydrogen-bond acceptors (Lipinski definition) is 5. The zero-order chi connectivity index (χ0) is 15.6. The topological polar surface area (TPSA) is 68.2 Å². The summed E-state index contributed by atoms with van der Waals surface area (Å²) in [6.07, 6.45) is -6.02. The Labute approximate surface area is 112 Å². The molecule has 0 rings (SSSR count). The number of halogens is 5. The van der Waals surface area contributed by atoms with Crippen molar-refractivity contribution >= 4 is 0 Å². The fraction of sp³-hybridized carbons (Fsp3) is 1.00. The van der Waals surface area contributed by atoms with Crippen LogP contribution in [-0.2, 0) is 14.2 Å². The van der Waals surface area contributed by atoms with E-state index < -0.39 is 64.5 Å². The van der Waals surface area contributed by atoms with Gasteiger partial charge >= 0.3 is 6.11 Å². The van der Waals surface area contributed by atoms with Gasteiger partial charge in [0.1, 0.15) is 19.3 Å². The molecule has 0 aromatic heterocycles. The first-order chi connectivity index (χ1) is 9.22. The summed E-state index contributed by atoms with van der Waals surface area (Å²) in [4.78, 5) is 0. The Balaban J connectivity index is 3.72. The van der Waals surface area contributed by atoms with Crippen LogP contribution < -0.4 is 0 Å². The lowest BCUT2D eigenvalue weighted by Crippen LogP contribution is -2.32. The van der Waals surface area contributed by atoms with Gasteiger partial charge < -0.3 is 19.7 Å². The van der Waals surface area contributed by atoms with Crippen molar-refractivity contribution in [1.82, 2.24) is 0 Å². The molecule has 0 aliphatic heterocycles. The predicted molar refractivity (Wildman–Crippen MR) is 56.3 cm³/mol. The molecule has 10 heteroatoms. The Morgan fingerprint density at radius 1 is 1.00 bits per heavy atom. The fourth-order valence-electron chi connectivity index (χ4n) is 1.06. The molecule has 0 heterocycles. The number of aliphatic hydroxyl groups excluding tert-OH is 2. The minimum Gasteiger partial charge on any atom is -0.396 e. The molecule has 0 saturated carbocycles. The van der Waals surface area contributed by atoms with Gasteiger partial charge in [0.25, 0.3) is 5.92 Å². The Kier molecular flexibility index (Phi) is 9.14. The summed E-state index contributed by atoms with van der Waals surface area (Å²) in [7, 11) is 0. The fourth-order valence-corrected chi connectivity index (χ4v) is 1.06. The van der Waals surface area contributed by atoms with Crippen molar-refractivity contribution in [2.45, 2.75) is 24.6 Å². The normalized spacial score (nSPS) is 14.6. The highest BCUT2D eigenvalue weighted by molar-refractivity contribution is 4.65. The van der Waals surface area contributed by atoms with Crippen molar-refractivity contribution in [3.05, 3.63) is 0 Å². The van der Waals surface area contributed by atoms with Gasteiger partial charge in [-0.1, -0.05) is 0 Å². The first-order valence-electron chi connectivity index (χ1n) is 5.62. The summed E-state index contributed by atoms with van der Waals surface area (Å²) in [5, 5.41) is 17.5. The Hall–Kier alpha value is -0.550. The summed E-state index contributed by atoms with van der Waals surface area (Å²) < 4.78 is 74.4. The highest BCUT2D eigenvalue weighted by atomic mass is 19.3. The predicted octanol–water partition coefficient (Wildman–Crippen LogP) is 0.935. The molecule has 0 radical (unpaired) electrons. The first kappa shape index (κ1) is 19.4. The van der Waals surface area contributed by atoms with E-state index in [1.165, 1.54) is 0 Å². The van der Waals surface area contributed by atoms with Crippen LogP contribution in [0, 0.1) is 0 Å². The average molecular weight is 312 g/mol. The average Bonchev–Trinajstić information content (AvgIpc) is 2.27. The molecule has 0 aliphatic rings. The summed E-state index contributed by atoms with van der Waals surface area (Å²) in [5.74, 6) is -3.24. The standard InChI is InChI=1S/C10H17F5O5/c11-7-20-10(14,15)6-19-4-8(17)3-18-5-9(12,13)1-2-16/h8,16-17H,1-7H2. The minimum atomic E-state index is -3.83. The van der Waals surface area contributed by atoms with E-state index in [9.17, 15) is 27.1 Å². The number of hydrogen-bond donors (Lipinski definition) is 2. The van der Waals surface area contributed by atoms with E-state index in [1.54, 1.807) is 0 Å². The van der Waals surface area contributed by atoms with Crippen molar-refractivity contribution in [3.8, 4) is 0 Å². The van der Waals surface area contributed by atoms with Gasteiger partial charge in [-0.25, -0.2) is 13.2 Å². The van der Waals surface area contributed by atoms with Crippen molar-refractivity contribution in [3.63, 3.8) is 0 Å². The maximum absolute atomic E-state index is 12.8. The molecule has 1 atom stereocenters. The van der Waals surface area contributed by atoms with E-state index >= 15 is 0 Å². The van der Waals surface area contributed by atoms with E-state index in [0.29, 0.717) is 0 Å². The number of ether oxygens (including phenoxy) is 3. The van der Waals surface area contributed by atoms with Gasteiger partial charge in [-0.15, -0.1) is 0 Å². The second-order valence-corrected chi connectivity index (χ2v) is 3.90. The van der Waals surface area contributed by atoms with Gasteiger partial charge in [0, 0.05) is 13.0 Å². The molecule has 0 saturated heterocycles. The number of rotatable bonds is 12. The van der Waals surface area contributed by atoms with Crippen molar-refractivity contribution in [1.29, 1.82) is 0 Å². The molecule has 1 unspecified atom stereocenters. The van der Waals surface area contributed by atoms with Gasteiger partial charge in [0.05, 0.1) is 13.2 Å². The molecule has 0 aromatic carbocycles. The highest BCUT2D eigenvalue weighted by Crippen LogP contribution is 2.18. The minimum absolute atomic E-state index is 0.559. The SMILES string of the molecule is OCCC(F)(F)COCC(O)COCC(F)(F)OCF. The van der Waals surface area contributed by atoms with Crippen molar-refractivity contribution in [2.24, 2.45) is 0 Å². The Bertz CT molecular complexity index is 230. The summed E-state index contributed by atoms with van der Waals surface area (Å²) >= 11 is 0. The molecule has 0 aliphatic carbocycles. The van der Waals surface area contributed by atoms with E-state index in [2.05, 4.69) is 14.2 Å². The summed E-state index contributed by atoms with van der Waals surface area (Å²) in [5.41, 5.74) is 0. The Morgan fingerprint density at radius 2 is 1.55 bits per heavy atom. The van der Waals surface area contributed by atoms with Crippen LogP contribution >= 0.6 is 0 Å². The summed E-state index contributed by atoms with van der Waals surface area (Å²) in [6, 6.07) is 0. The monoisotopic (exact) mass is 312 g/mol. The second kappa shape index (κ2) is 9.40. The lowest BCUT2D eigenvalue weighted by Gasteiger charge is -2.18. The van der Waals surface area contributed by atoms with Gasteiger partial charge in [-0.2, -0.15) is 8.78 Å². The van der Waals surface area contributed by atoms with Crippen LogP contribution in [0.4, 0.5) is 22.0 Å². The molecule has 0 fully saturated rings. The van der Waals surface area contributed by atoms with Crippen LogP contribution in [0.5, 0.6) is 0 Å². The van der Waals surface area contributed by atoms with Gasteiger partial charge in [-0.3, -0.25) is 4.74 Å². The number of alkyl halides is 5. The van der Waals surface area contributed by atoms with Crippen LogP contribution in [0.2, 0.25) is 0 Å².